The molecule has 0 atom stereocenters. The molecule has 2 heterocycles. The minimum atomic E-state index is -0.410. The second-order valence-electron chi connectivity index (χ2n) is 7.78. The Morgan fingerprint density at radius 3 is 2.55 bits per heavy atom. The maximum atomic E-state index is 13.7. The third-order valence-electron chi connectivity index (χ3n) is 5.57. The average molecular weight is 423 g/mol. The molecular formula is C24H27FN4O2. The number of anilines is 1. The number of rotatable bonds is 8. The number of aromatic nitrogens is 2. The Morgan fingerprint density at radius 2 is 1.84 bits per heavy atom. The summed E-state index contributed by atoms with van der Waals surface area (Å²) in [6.07, 6.45) is 6.56. The van der Waals surface area contributed by atoms with E-state index in [1.807, 2.05) is 16.9 Å². The van der Waals surface area contributed by atoms with Gasteiger partial charge in [0.25, 0.3) is 0 Å². The number of likely N-dealkylation sites (tertiary alicyclic amines) is 1. The standard InChI is InChI=1S/C24H27FN4O2/c25-22-5-1-2-6-23(22)31-21-9-7-20(8-10-21)27-24(30)19-11-17-28(18-12-19)14-4-16-29-15-3-13-26-29/h1-3,5-10,13,15,19H,4,11-12,14,16-18H2,(H,27,30). The topological polar surface area (TPSA) is 59.4 Å². The molecule has 6 nitrogen and oxygen atoms in total. The fourth-order valence-electron chi connectivity index (χ4n) is 3.81. The second kappa shape index (κ2) is 10.2. The summed E-state index contributed by atoms with van der Waals surface area (Å²) < 4.78 is 21.2. The van der Waals surface area contributed by atoms with Crippen molar-refractivity contribution in [2.75, 3.05) is 25.0 Å². The van der Waals surface area contributed by atoms with Crippen molar-refractivity contribution in [2.24, 2.45) is 5.92 Å². The van der Waals surface area contributed by atoms with Crippen LogP contribution in [0.15, 0.2) is 67.0 Å². The lowest BCUT2D eigenvalue weighted by atomic mass is 9.95. The van der Waals surface area contributed by atoms with E-state index in [9.17, 15) is 9.18 Å². The molecule has 7 heteroatoms. The molecule has 1 fully saturated rings. The first kappa shape index (κ1) is 21.1. The summed E-state index contributed by atoms with van der Waals surface area (Å²) in [5, 5.41) is 7.22. The maximum Gasteiger partial charge on any atom is 0.227 e. The summed E-state index contributed by atoms with van der Waals surface area (Å²) in [6.45, 7) is 3.82. The molecule has 0 bridgehead atoms. The van der Waals surface area contributed by atoms with Crippen LogP contribution in [-0.2, 0) is 11.3 Å². The number of benzene rings is 2. The maximum absolute atomic E-state index is 13.7. The van der Waals surface area contributed by atoms with Gasteiger partial charge in [0.05, 0.1) is 0 Å². The zero-order valence-corrected chi connectivity index (χ0v) is 17.4. The van der Waals surface area contributed by atoms with E-state index < -0.39 is 5.82 Å². The molecule has 0 unspecified atom stereocenters. The van der Waals surface area contributed by atoms with Crippen LogP contribution in [0.4, 0.5) is 10.1 Å². The largest absolute Gasteiger partial charge is 0.454 e. The van der Waals surface area contributed by atoms with E-state index in [1.54, 1.807) is 48.7 Å². The van der Waals surface area contributed by atoms with Crippen LogP contribution in [0.1, 0.15) is 19.3 Å². The Kier molecular flexibility index (Phi) is 6.94. The lowest BCUT2D eigenvalue weighted by Crippen LogP contribution is -2.38. The Hall–Kier alpha value is -3.19. The van der Waals surface area contributed by atoms with E-state index in [4.69, 9.17) is 4.74 Å². The SMILES string of the molecule is O=C(Nc1ccc(Oc2ccccc2F)cc1)C1CCN(CCCn2cccn2)CC1. The number of aryl methyl sites for hydroxylation is 1. The molecular weight excluding hydrogens is 395 g/mol. The summed E-state index contributed by atoms with van der Waals surface area (Å²) >= 11 is 0. The number of nitrogens with one attached hydrogen (secondary N) is 1. The first-order valence-electron chi connectivity index (χ1n) is 10.7. The van der Waals surface area contributed by atoms with Crippen molar-refractivity contribution in [1.82, 2.24) is 14.7 Å². The zero-order chi connectivity index (χ0) is 21.5. The van der Waals surface area contributed by atoms with Gasteiger partial charge in [0, 0.05) is 30.5 Å². The van der Waals surface area contributed by atoms with Crippen LogP contribution >= 0.6 is 0 Å². The van der Waals surface area contributed by atoms with E-state index in [1.165, 1.54) is 6.07 Å². The molecule has 31 heavy (non-hydrogen) atoms. The predicted molar refractivity (Wildman–Crippen MR) is 118 cm³/mol. The third-order valence-corrected chi connectivity index (χ3v) is 5.57. The van der Waals surface area contributed by atoms with Gasteiger partial charge < -0.3 is 15.0 Å². The number of carbonyl (C=O) groups is 1. The number of para-hydroxylation sites is 1. The third kappa shape index (κ3) is 5.92. The Bertz CT molecular complexity index is 968. The highest BCUT2D eigenvalue weighted by Gasteiger charge is 2.24. The summed E-state index contributed by atoms with van der Waals surface area (Å²) in [5.74, 6) is 0.366. The molecule has 162 valence electrons. The fraction of sp³-hybridized carbons (Fsp3) is 0.333. The Labute approximate surface area is 181 Å². The summed E-state index contributed by atoms with van der Waals surface area (Å²) in [5.41, 5.74) is 0.715. The van der Waals surface area contributed by atoms with Gasteiger partial charge in [0.2, 0.25) is 5.91 Å². The molecule has 1 saturated heterocycles. The van der Waals surface area contributed by atoms with Crippen molar-refractivity contribution in [1.29, 1.82) is 0 Å². The van der Waals surface area contributed by atoms with Crippen LogP contribution in [0.2, 0.25) is 0 Å². The summed E-state index contributed by atoms with van der Waals surface area (Å²) in [7, 11) is 0. The highest BCUT2D eigenvalue weighted by Crippen LogP contribution is 2.26. The quantitative estimate of drug-likeness (QED) is 0.578. The van der Waals surface area contributed by atoms with Crippen molar-refractivity contribution in [2.45, 2.75) is 25.8 Å². The smallest absolute Gasteiger partial charge is 0.227 e. The van der Waals surface area contributed by atoms with Gasteiger partial charge in [-0.25, -0.2) is 4.39 Å². The van der Waals surface area contributed by atoms with E-state index >= 15 is 0 Å². The first-order chi connectivity index (χ1) is 15.2. The van der Waals surface area contributed by atoms with Crippen molar-refractivity contribution >= 4 is 11.6 Å². The van der Waals surface area contributed by atoms with Crippen molar-refractivity contribution < 1.29 is 13.9 Å². The number of hydrogen-bond donors (Lipinski definition) is 1. The molecule has 0 saturated carbocycles. The van der Waals surface area contributed by atoms with Crippen molar-refractivity contribution in [3.8, 4) is 11.5 Å². The van der Waals surface area contributed by atoms with Gasteiger partial charge >= 0.3 is 0 Å². The molecule has 4 rings (SSSR count). The van der Waals surface area contributed by atoms with Crippen LogP contribution in [-0.4, -0.2) is 40.2 Å². The van der Waals surface area contributed by atoms with Crippen LogP contribution in [0.5, 0.6) is 11.5 Å². The second-order valence-corrected chi connectivity index (χ2v) is 7.78. The molecule has 1 aliphatic rings. The lowest BCUT2D eigenvalue weighted by molar-refractivity contribution is -0.121. The minimum Gasteiger partial charge on any atom is -0.454 e. The van der Waals surface area contributed by atoms with Gasteiger partial charge in [-0.3, -0.25) is 9.48 Å². The molecule has 1 aliphatic heterocycles. The first-order valence-corrected chi connectivity index (χ1v) is 10.7. The highest BCUT2D eigenvalue weighted by molar-refractivity contribution is 5.92. The molecule has 1 aromatic heterocycles. The van der Waals surface area contributed by atoms with E-state index in [0.29, 0.717) is 11.4 Å². The Balaban J connectivity index is 1.20. The van der Waals surface area contributed by atoms with Gasteiger partial charge in [-0.2, -0.15) is 5.10 Å². The predicted octanol–water partition coefficient (Wildman–Crippen LogP) is 4.56. The Morgan fingerprint density at radius 1 is 1.06 bits per heavy atom. The number of amides is 1. The lowest BCUT2D eigenvalue weighted by Gasteiger charge is -2.31. The average Bonchev–Trinajstić information content (AvgIpc) is 3.31. The highest BCUT2D eigenvalue weighted by atomic mass is 19.1. The molecule has 1 N–H and O–H groups in total. The monoisotopic (exact) mass is 422 g/mol. The van der Waals surface area contributed by atoms with Gasteiger partial charge in [-0.05, 0) is 81.4 Å². The van der Waals surface area contributed by atoms with Crippen LogP contribution in [0.25, 0.3) is 0 Å². The number of halogens is 1. The van der Waals surface area contributed by atoms with Gasteiger partial charge in [-0.1, -0.05) is 12.1 Å². The van der Waals surface area contributed by atoms with Gasteiger partial charge in [0.1, 0.15) is 5.75 Å². The number of nitrogens with zero attached hydrogens (tertiary/aromatic N) is 3. The number of hydrogen-bond acceptors (Lipinski definition) is 4. The number of carbonyl (C=O) groups excluding carboxylic acids is 1. The number of ether oxygens (including phenoxy) is 1. The van der Waals surface area contributed by atoms with Gasteiger partial charge in [-0.15, -0.1) is 0 Å². The van der Waals surface area contributed by atoms with Gasteiger partial charge in [0.15, 0.2) is 11.6 Å². The van der Waals surface area contributed by atoms with Crippen LogP contribution in [0, 0.1) is 11.7 Å². The van der Waals surface area contributed by atoms with Crippen LogP contribution < -0.4 is 10.1 Å². The summed E-state index contributed by atoms with van der Waals surface area (Å²) in [4.78, 5) is 15.1. The molecule has 0 aliphatic carbocycles. The zero-order valence-electron chi connectivity index (χ0n) is 17.4. The van der Waals surface area contributed by atoms with E-state index in [-0.39, 0.29) is 17.6 Å². The normalized spacial score (nSPS) is 15.0. The van der Waals surface area contributed by atoms with Crippen molar-refractivity contribution in [3.63, 3.8) is 0 Å². The molecule has 0 radical (unpaired) electrons. The minimum absolute atomic E-state index is 0.0247. The molecule has 0 spiro atoms. The molecule has 3 aromatic rings. The molecule has 1 amide bonds. The summed E-state index contributed by atoms with van der Waals surface area (Å²) in [6, 6.07) is 15.2. The number of piperidine rings is 1. The van der Waals surface area contributed by atoms with E-state index in [0.717, 1.165) is 45.4 Å². The van der Waals surface area contributed by atoms with Crippen molar-refractivity contribution in [3.05, 3.63) is 72.8 Å². The molecule has 2 aromatic carbocycles. The fourth-order valence-corrected chi connectivity index (χ4v) is 3.81. The van der Waals surface area contributed by atoms with Crippen LogP contribution in [0.3, 0.4) is 0 Å². The van der Waals surface area contributed by atoms with E-state index in [2.05, 4.69) is 15.3 Å².